The van der Waals surface area contributed by atoms with E-state index in [0.717, 1.165) is 9.99 Å². The van der Waals surface area contributed by atoms with Crippen LogP contribution in [0.25, 0.3) is 0 Å². The van der Waals surface area contributed by atoms with Crippen LogP contribution >= 0.6 is 22.6 Å². The number of hydrogen-bond acceptors (Lipinski definition) is 3. The molecule has 0 amide bonds. The Balaban J connectivity index is 2.60. The number of nitrogens with one attached hydrogen (secondary N) is 1. The second-order valence-electron chi connectivity index (χ2n) is 4.14. The van der Waals surface area contributed by atoms with Crippen LogP contribution in [0.15, 0.2) is 29.2 Å². The quantitative estimate of drug-likeness (QED) is 0.619. The highest BCUT2D eigenvalue weighted by Crippen LogP contribution is 2.11. The van der Waals surface area contributed by atoms with E-state index in [0.29, 0.717) is 17.5 Å². The van der Waals surface area contributed by atoms with Crippen LogP contribution in [0.1, 0.15) is 12.5 Å². The molecule has 0 fully saturated rings. The highest BCUT2D eigenvalue weighted by Gasteiger charge is 2.13. The molecule has 1 N–H and O–H groups in total. The van der Waals surface area contributed by atoms with Crippen LogP contribution in [-0.4, -0.2) is 31.2 Å². The molecule has 1 atom stereocenters. The molecule has 17 heavy (non-hydrogen) atoms. The van der Waals surface area contributed by atoms with Gasteiger partial charge in [-0.05, 0) is 26.0 Å². The monoisotopic (exact) mass is 367 g/mol. The predicted molar refractivity (Wildman–Crippen MR) is 79.6 cm³/mol. The molecule has 1 aromatic carbocycles. The number of rotatable bonds is 6. The molecule has 0 aromatic heterocycles. The molecule has 0 aliphatic carbocycles. The van der Waals surface area contributed by atoms with Gasteiger partial charge in [-0.3, -0.25) is 0 Å². The van der Waals surface area contributed by atoms with Gasteiger partial charge in [-0.25, -0.2) is 8.42 Å². The topological polar surface area (TPSA) is 46.2 Å². The molecule has 0 saturated carbocycles. The van der Waals surface area contributed by atoms with Crippen molar-refractivity contribution < 1.29 is 8.42 Å². The van der Waals surface area contributed by atoms with Gasteiger partial charge in [0.05, 0.1) is 10.6 Å². The van der Waals surface area contributed by atoms with Gasteiger partial charge in [0, 0.05) is 17.0 Å². The van der Waals surface area contributed by atoms with Gasteiger partial charge in [0.1, 0.15) is 0 Å². The summed E-state index contributed by atoms with van der Waals surface area (Å²) in [6.07, 6.45) is 0. The van der Waals surface area contributed by atoms with E-state index in [2.05, 4.69) is 27.9 Å². The minimum absolute atomic E-state index is 0.150. The van der Waals surface area contributed by atoms with E-state index in [-0.39, 0.29) is 5.75 Å². The molecule has 1 aromatic rings. The molecular formula is C12H18INO2S. The number of hydrogen-bond donors (Lipinski definition) is 1. The third-order valence-corrected chi connectivity index (χ3v) is 5.53. The van der Waals surface area contributed by atoms with Crippen LogP contribution in [0.4, 0.5) is 0 Å². The van der Waals surface area contributed by atoms with Crippen LogP contribution in [-0.2, 0) is 9.84 Å². The zero-order valence-electron chi connectivity index (χ0n) is 10.1. The summed E-state index contributed by atoms with van der Waals surface area (Å²) in [6, 6.07) is 7.35. The molecule has 5 heteroatoms. The van der Waals surface area contributed by atoms with Crippen molar-refractivity contribution in [2.24, 2.45) is 0 Å². The molecule has 0 aliphatic rings. The number of alkyl halides is 1. The van der Waals surface area contributed by atoms with Gasteiger partial charge in [0.2, 0.25) is 0 Å². The Hall–Kier alpha value is -0.140. The van der Waals surface area contributed by atoms with Gasteiger partial charge >= 0.3 is 0 Å². The predicted octanol–water partition coefficient (Wildman–Crippen LogP) is 2.18. The Labute approximate surface area is 117 Å². The maximum Gasteiger partial charge on any atom is 0.179 e. The molecule has 1 unspecified atom stereocenters. The Morgan fingerprint density at radius 3 is 2.41 bits per heavy atom. The van der Waals surface area contributed by atoms with E-state index in [1.807, 2.05) is 26.0 Å². The van der Waals surface area contributed by atoms with Crippen LogP contribution in [0.2, 0.25) is 0 Å². The summed E-state index contributed by atoms with van der Waals surface area (Å²) in [4.78, 5) is 0.409. The minimum atomic E-state index is -3.15. The Kier molecular flexibility index (Phi) is 5.88. The first-order valence-electron chi connectivity index (χ1n) is 5.54. The summed E-state index contributed by atoms with van der Waals surface area (Å²) in [6.45, 7) is 4.49. The van der Waals surface area contributed by atoms with Crippen molar-refractivity contribution >= 4 is 32.4 Å². The molecule has 96 valence electrons. The lowest BCUT2D eigenvalue weighted by Crippen LogP contribution is -2.31. The van der Waals surface area contributed by atoms with Crippen molar-refractivity contribution in [2.45, 2.75) is 24.8 Å². The van der Waals surface area contributed by atoms with Gasteiger partial charge in [0.15, 0.2) is 9.84 Å². The second kappa shape index (κ2) is 6.70. The Bertz CT molecular complexity index is 442. The van der Waals surface area contributed by atoms with Gasteiger partial charge in [-0.15, -0.1) is 0 Å². The Morgan fingerprint density at radius 2 is 1.88 bits per heavy atom. The zero-order valence-corrected chi connectivity index (χ0v) is 13.1. The lowest BCUT2D eigenvalue weighted by Gasteiger charge is -2.10. The lowest BCUT2D eigenvalue weighted by atomic mass is 10.2. The van der Waals surface area contributed by atoms with Crippen molar-refractivity contribution in [1.82, 2.24) is 5.32 Å². The average molecular weight is 367 g/mol. The largest absolute Gasteiger partial charge is 0.312 e. The van der Waals surface area contributed by atoms with E-state index < -0.39 is 9.84 Å². The number of aryl methyl sites for hydroxylation is 1. The fourth-order valence-electron chi connectivity index (χ4n) is 1.36. The molecule has 1 rings (SSSR count). The van der Waals surface area contributed by atoms with Gasteiger partial charge in [-0.2, -0.15) is 0 Å². The van der Waals surface area contributed by atoms with Crippen LogP contribution < -0.4 is 5.32 Å². The fourth-order valence-corrected chi connectivity index (χ4v) is 2.84. The first-order chi connectivity index (χ1) is 7.95. The Morgan fingerprint density at radius 1 is 1.29 bits per heavy atom. The SMILES string of the molecule is Cc1ccc(S(=O)(=O)CCNC(C)CI)cc1. The van der Waals surface area contributed by atoms with Crippen LogP contribution in [0.5, 0.6) is 0 Å². The zero-order chi connectivity index (χ0) is 12.9. The molecule has 0 saturated heterocycles. The molecule has 0 heterocycles. The molecule has 0 radical (unpaired) electrons. The van der Waals surface area contributed by atoms with Crippen molar-refractivity contribution in [3.63, 3.8) is 0 Å². The summed E-state index contributed by atoms with van der Waals surface area (Å²) >= 11 is 2.28. The van der Waals surface area contributed by atoms with E-state index in [1.165, 1.54) is 0 Å². The minimum Gasteiger partial charge on any atom is -0.312 e. The van der Waals surface area contributed by atoms with Gasteiger partial charge in [-0.1, -0.05) is 40.3 Å². The van der Waals surface area contributed by atoms with E-state index >= 15 is 0 Å². The van der Waals surface area contributed by atoms with Crippen molar-refractivity contribution in [2.75, 3.05) is 16.7 Å². The lowest BCUT2D eigenvalue weighted by molar-refractivity contribution is 0.581. The van der Waals surface area contributed by atoms with Crippen molar-refractivity contribution in [3.05, 3.63) is 29.8 Å². The number of sulfone groups is 1. The highest BCUT2D eigenvalue weighted by molar-refractivity contribution is 14.1. The summed E-state index contributed by atoms with van der Waals surface area (Å²) in [7, 11) is -3.15. The molecular weight excluding hydrogens is 349 g/mol. The summed E-state index contributed by atoms with van der Waals surface area (Å²) in [5, 5.41) is 3.18. The number of benzene rings is 1. The van der Waals surface area contributed by atoms with E-state index in [4.69, 9.17) is 0 Å². The van der Waals surface area contributed by atoms with E-state index in [1.54, 1.807) is 12.1 Å². The normalized spacial score (nSPS) is 13.6. The summed E-state index contributed by atoms with van der Waals surface area (Å²) in [5.41, 5.74) is 1.07. The molecule has 0 spiro atoms. The highest BCUT2D eigenvalue weighted by atomic mass is 127. The van der Waals surface area contributed by atoms with Gasteiger partial charge in [0.25, 0.3) is 0 Å². The van der Waals surface area contributed by atoms with E-state index in [9.17, 15) is 8.42 Å². The molecule has 0 bridgehead atoms. The maximum atomic E-state index is 12.0. The number of halogens is 1. The standard InChI is InChI=1S/C12H18INO2S/c1-10-3-5-12(6-4-10)17(15,16)8-7-14-11(2)9-13/h3-6,11,14H,7-9H2,1-2H3. The smallest absolute Gasteiger partial charge is 0.179 e. The summed E-state index contributed by atoms with van der Waals surface area (Å²) < 4.78 is 24.9. The summed E-state index contributed by atoms with van der Waals surface area (Å²) in [5.74, 6) is 0.150. The first-order valence-corrected chi connectivity index (χ1v) is 8.72. The van der Waals surface area contributed by atoms with Crippen molar-refractivity contribution in [1.29, 1.82) is 0 Å². The second-order valence-corrected chi connectivity index (χ2v) is 7.13. The first kappa shape index (κ1) is 14.9. The van der Waals surface area contributed by atoms with Crippen LogP contribution in [0, 0.1) is 6.92 Å². The molecule has 3 nitrogen and oxygen atoms in total. The van der Waals surface area contributed by atoms with Crippen LogP contribution in [0.3, 0.4) is 0 Å². The maximum absolute atomic E-state index is 12.0. The third kappa shape index (κ3) is 4.93. The van der Waals surface area contributed by atoms with Crippen molar-refractivity contribution in [3.8, 4) is 0 Å². The third-order valence-electron chi connectivity index (χ3n) is 2.48. The van der Waals surface area contributed by atoms with Gasteiger partial charge < -0.3 is 5.32 Å². The average Bonchev–Trinajstić information content (AvgIpc) is 2.29. The molecule has 0 aliphatic heterocycles. The fraction of sp³-hybridized carbons (Fsp3) is 0.500.